The number of fused-ring (bicyclic) bond motifs is 1. The van der Waals surface area contributed by atoms with E-state index in [2.05, 4.69) is 20.6 Å². The number of nitro groups is 1. The standard InChI is InChI=1S/C17H15N5O2/c23-22(24)15-10-18-17(21-16(15)19-13-7-8-13)20-14-6-5-11-3-1-2-4-12(11)9-14/h1-6,9-10,13H,7-8H2,(H2,18,19,20,21). The lowest BCUT2D eigenvalue weighted by Crippen LogP contribution is -2.09. The predicted octanol–water partition coefficient (Wildman–Crippen LogP) is 3.86. The van der Waals surface area contributed by atoms with Gasteiger partial charge in [0.05, 0.1) is 4.92 Å². The molecule has 2 aromatic carbocycles. The van der Waals surface area contributed by atoms with Crippen LogP contribution in [-0.4, -0.2) is 20.9 Å². The molecule has 4 rings (SSSR count). The Kier molecular flexibility index (Phi) is 3.45. The Bertz CT molecular complexity index is 924. The zero-order chi connectivity index (χ0) is 16.5. The van der Waals surface area contributed by atoms with Gasteiger partial charge in [0.1, 0.15) is 6.20 Å². The minimum Gasteiger partial charge on any atom is -0.361 e. The SMILES string of the molecule is O=[N+]([O-])c1cnc(Nc2ccc3ccccc3c2)nc1NC1CC1. The van der Waals surface area contributed by atoms with Crippen LogP contribution in [0.1, 0.15) is 12.8 Å². The van der Waals surface area contributed by atoms with Crippen molar-refractivity contribution in [3.63, 3.8) is 0 Å². The molecule has 24 heavy (non-hydrogen) atoms. The number of anilines is 3. The Balaban J connectivity index is 1.63. The van der Waals surface area contributed by atoms with Crippen molar-refractivity contribution in [3.05, 3.63) is 58.8 Å². The molecule has 7 heteroatoms. The fourth-order valence-electron chi connectivity index (χ4n) is 2.49. The Hall–Kier alpha value is -3.22. The zero-order valence-electron chi connectivity index (χ0n) is 12.8. The first-order valence-corrected chi connectivity index (χ1v) is 7.73. The molecule has 1 aromatic heterocycles. The number of nitrogens with one attached hydrogen (secondary N) is 2. The van der Waals surface area contributed by atoms with Gasteiger partial charge in [-0.3, -0.25) is 10.1 Å². The molecular weight excluding hydrogens is 306 g/mol. The predicted molar refractivity (Wildman–Crippen MR) is 92.6 cm³/mol. The van der Waals surface area contributed by atoms with Gasteiger partial charge in [0, 0.05) is 11.7 Å². The number of hydrogen-bond acceptors (Lipinski definition) is 6. The van der Waals surface area contributed by atoms with Gasteiger partial charge in [-0.1, -0.05) is 30.3 Å². The summed E-state index contributed by atoms with van der Waals surface area (Å²) in [5.74, 6) is 0.597. The molecule has 1 saturated carbocycles. The second-order valence-corrected chi connectivity index (χ2v) is 5.79. The van der Waals surface area contributed by atoms with E-state index in [4.69, 9.17) is 0 Å². The van der Waals surface area contributed by atoms with Crippen molar-refractivity contribution >= 4 is 33.9 Å². The molecular formula is C17H15N5O2. The van der Waals surface area contributed by atoms with Crippen molar-refractivity contribution < 1.29 is 4.92 Å². The van der Waals surface area contributed by atoms with Gasteiger partial charge in [0.15, 0.2) is 0 Å². The van der Waals surface area contributed by atoms with E-state index in [0.29, 0.717) is 5.95 Å². The number of hydrogen-bond donors (Lipinski definition) is 2. The van der Waals surface area contributed by atoms with E-state index >= 15 is 0 Å². The highest BCUT2D eigenvalue weighted by molar-refractivity contribution is 5.86. The summed E-state index contributed by atoms with van der Waals surface area (Å²) in [6.45, 7) is 0. The lowest BCUT2D eigenvalue weighted by molar-refractivity contribution is -0.384. The second-order valence-electron chi connectivity index (χ2n) is 5.79. The lowest BCUT2D eigenvalue weighted by atomic mass is 10.1. The summed E-state index contributed by atoms with van der Waals surface area (Å²) in [5, 5.41) is 19.5. The van der Waals surface area contributed by atoms with E-state index in [9.17, 15) is 10.1 Å². The van der Waals surface area contributed by atoms with Crippen LogP contribution >= 0.6 is 0 Å². The monoisotopic (exact) mass is 321 g/mol. The van der Waals surface area contributed by atoms with Crippen LogP contribution in [0.5, 0.6) is 0 Å². The summed E-state index contributed by atoms with van der Waals surface area (Å²) in [6.07, 6.45) is 3.25. The summed E-state index contributed by atoms with van der Waals surface area (Å²) in [4.78, 5) is 19.0. The minimum atomic E-state index is -0.468. The highest BCUT2D eigenvalue weighted by Gasteiger charge is 2.26. The van der Waals surface area contributed by atoms with Crippen LogP contribution in [0, 0.1) is 10.1 Å². The first kappa shape index (κ1) is 14.4. The summed E-state index contributed by atoms with van der Waals surface area (Å²) in [7, 11) is 0. The van der Waals surface area contributed by atoms with E-state index in [-0.39, 0.29) is 17.5 Å². The molecule has 1 aliphatic rings. The molecule has 3 aromatic rings. The van der Waals surface area contributed by atoms with Crippen LogP contribution in [0.4, 0.5) is 23.1 Å². The highest BCUT2D eigenvalue weighted by atomic mass is 16.6. The van der Waals surface area contributed by atoms with Crippen LogP contribution < -0.4 is 10.6 Å². The molecule has 2 N–H and O–H groups in total. The quantitative estimate of drug-likeness (QED) is 0.547. The molecule has 0 amide bonds. The highest BCUT2D eigenvalue weighted by Crippen LogP contribution is 2.30. The summed E-state index contributed by atoms with van der Waals surface area (Å²) in [5.41, 5.74) is 0.728. The van der Waals surface area contributed by atoms with Gasteiger partial charge in [-0.15, -0.1) is 0 Å². The van der Waals surface area contributed by atoms with Gasteiger partial charge in [-0.25, -0.2) is 4.98 Å². The first-order chi connectivity index (χ1) is 11.7. The van der Waals surface area contributed by atoms with Crippen LogP contribution in [-0.2, 0) is 0 Å². The molecule has 0 spiro atoms. The van der Waals surface area contributed by atoms with Crippen molar-refractivity contribution in [2.24, 2.45) is 0 Å². The fraction of sp³-hybridized carbons (Fsp3) is 0.176. The van der Waals surface area contributed by atoms with E-state index in [1.807, 2.05) is 42.5 Å². The van der Waals surface area contributed by atoms with Crippen LogP contribution in [0.3, 0.4) is 0 Å². The smallest absolute Gasteiger partial charge is 0.329 e. The molecule has 120 valence electrons. The normalized spacial score (nSPS) is 13.7. The molecule has 7 nitrogen and oxygen atoms in total. The van der Waals surface area contributed by atoms with E-state index in [1.165, 1.54) is 6.20 Å². The molecule has 1 aliphatic carbocycles. The number of benzene rings is 2. The lowest BCUT2D eigenvalue weighted by Gasteiger charge is -2.09. The molecule has 0 aliphatic heterocycles. The van der Waals surface area contributed by atoms with Crippen molar-refractivity contribution in [2.45, 2.75) is 18.9 Å². The van der Waals surface area contributed by atoms with E-state index in [0.717, 1.165) is 29.3 Å². The van der Waals surface area contributed by atoms with Crippen molar-refractivity contribution in [2.75, 3.05) is 10.6 Å². The average Bonchev–Trinajstić information content (AvgIpc) is 3.39. The average molecular weight is 321 g/mol. The van der Waals surface area contributed by atoms with Gasteiger partial charge in [0.25, 0.3) is 0 Å². The topological polar surface area (TPSA) is 93.0 Å². The second kappa shape index (κ2) is 5.77. The molecule has 0 saturated heterocycles. The third-order valence-corrected chi connectivity index (χ3v) is 3.89. The largest absolute Gasteiger partial charge is 0.361 e. The third-order valence-electron chi connectivity index (χ3n) is 3.89. The Labute approximate surface area is 137 Å². The molecule has 0 unspecified atom stereocenters. The molecule has 0 radical (unpaired) electrons. The fourth-order valence-corrected chi connectivity index (χ4v) is 2.49. The van der Waals surface area contributed by atoms with Crippen LogP contribution in [0.2, 0.25) is 0 Å². The summed E-state index contributed by atoms with van der Waals surface area (Å²) < 4.78 is 0. The first-order valence-electron chi connectivity index (χ1n) is 7.73. The van der Waals surface area contributed by atoms with Crippen molar-refractivity contribution in [1.82, 2.24) is 9.97 Å². The van der Waals surface area contributed by atoms with Gasteiger partial charge in [-0.05, 0) is 35.7 Å². The minimum absolute atomic E-state index is 0.106. The Morgan fingerprint density at radius 3 is 2.67 bits per heavy atom. The molecule has 1 fully saturated rings. The molecule has 0 atom stereocenters. The maximum Gasteiger partial charge on any atom is 0.329 e. The number of rotatable bonds is 5. The summed E-state index contributed by atoms with van der Waals surface area (Å²) in [6, 6.07) is 14.2. The van der Waals surface area contributed by atoms with Crippen molar-refractivity contribution in [3.8, 4) is 0 Å². The maximum atomic E-state index is 11.1. The van der Waals surface area contributed by atoms with Gasteiger partial charge >= 0.3 is 5.69 Å². The van der Waals surface area contributed by atoms with Crippen LogP contribution in [0.15, 0.2) is 48.7 Å². The van der Waals surface area contributed by atoms with Crippen LogP contribution in [0.25, 0.3) is 10.8 Å². The number of nitrogens with zero attached hydrogens (tertiary/aromatic N) is 3. The zero-order valence-corrected chi connectivity index (χ0v) is 12.8. The van der Waals surface area contributed by atoms with E-state index in [1.54, 1.807) is 0 Å². The number of aromatic nitrogens is 2. The van der Waals surface area contributed by atoms with E-state index < -0.39 is 4.92 Å². The Morgan fingerprint density at radius 1 is 1.12 bits per heavy atom. The van der Waals surface area contributed by atoms with Crippen molar-refractivity contribution in [1.29, 1.82) is 0 Å². The van der Waals surface area contributed by atoms with Gasteiger partial charge in [0.2, 0.25) is 11.8 Å². The van der Waals surface area contributed by atoms with Gasteiger partial charge in [-0.2, -0.15) is 4.98 Å². The Morgan fingerprint density at radius 2 is 1.92 bits per heavy atom. The van der Waals surface area contributed by atoms with Gasteiger partial charge < -0.3 is 10.6 Å². The molecule has 0 bridgehead atoms. The maximum absolute atomic E-state index is 11.1. The third kappa shape index (κ3) is 2.96. The summed E-state index contributed by atoms with van der Waals surface area (Å²) >= 11 is 0. The molecule has 1 heterocycles.